The Balaban J connectivity index is 0.664. The Labute approximate surface area is 454 Å². The number of sulfonamides is 1. The Hall–Kier alpha value is -6.51. The van der Waals surface area contributed by atoms with E-state index < -0.39 is 56.2 Å². The zero-order chi connectivity index (χ0) is 54.2. The minimum Gasteiger partial charge on any atom is -0.379 e. The molecule has 4 heterocycles. The van der Waals surface area contributed by atoms with Gasteiger partial charge in [-0.1, -0.05) is 49.2 Å². The highest BCUT2D eigenvalue weighted by atomic mass is 35.5. The van der Waals surface area contributed by atoms with Crippen molar-refractivity contribution in [3.63, 3.8) is 0 Å². The molecule has 4 aromatic rings. The normalized spacial score (nSPS) is 22.7. The molecule has 1 saturated carbocycles. The highest BCUT2D eigenvalue weighted by Gasteiger charge is 2.45. The van der Waals surface area contributed by atoms with Crippen molar-refractivity contribution in [2.75, 3.05) is 75.7 Å². The summed E-state index contributed by atoms with van der Waals surface area (Å²) in [4.78, 5) is 85.8. The van der Waals surface area contributed by atoms with Crippen molar-refractivity contribution in [3.8, 4) is 0 Å². The monoisotopic (exact) mass is 1090 g/mol. The van der Waals surface area contributed by atoms with Gasteiger partial charge in [-0.3, -0.25) is 59.0 Å². The Morgan fingerprint density at radius 2 is 1.45 bits per heavy atom. The molecule has 4 aliphatic heterocycles. The number of halogens is 1. The van der Waals surface area contributed by atoms with Crippen molar-refractivity contribution in [2.45, 2.75) is 95.2 Å². The van der Waals surface area contributed by atoms with Crippen molar-refractivity contribution < 1.29 is 37.3 Å². The molecule has 0 spiro atoms. The van der Waals surface area contributed by atoms with Gasteiger partial charge in [0.1, 0.15) is 11.7 Å². The number of nitrogens with one attached hydrogen (secondary N) is 3. The van der Waals surface area contributed by atoms with Gasteiger partial charge in [0.2, 0.25) is 11.8 Å². The molecule has 1 unspecified atom stereocenters. The van der Waals surface area contributed by atoms with Crippen LogP contribution >= 0.6 is 11.6 Å². The van der Waals surface area contributed by atoms with E-state index in [2.05, 4.69) is 60.9 Å². The summed E-state index contributed by atoms with van der Waals surface area (Å²) < 4.78 is 29.1. The second kappa shape index (κ2) is 22.5. The quantitative estimate of drug-likeness (QED) is 0.0604. The highest BCUT2D eigenvalue weighted by molar-refractivity contribution is 7.90. The van der Waals surface area contributed by atoms with E-state index in [1.165, 1.54) is 28.8 Å². The molecule has 5 amide bonds. The second-order valence-electron chi connectivity index (χ2n) is 22.3. The molecule has 20 heteroatoms. The summed E-state index contributed by atoms with van der Waals surface area (Å²) in [5.41, 5.74) is 6.74. The zero-order valence-electron chi connectivity index (χ0n) is 43.6. The molecule has 10 rings (SSSR count). The minimum atomic E-state index is -4.46. The van der Waals surface area contributed by atoms with Crippen LogP contribution in [-0.4, -0.2) is 140 Å². The first kappa shape index (κ1) is 53.9. The number of nitrogens with zero attached hydrogens (tertiary/aromatic N) is 6. The number of hydrogen-bond donors (Lipinski definition) is 3. The Morgan fingerprint density at radius 3 is 2.14 bits per heavy atom. The summed E-state index contributed by atoms with van der Waals surface area (Å²) in [6, 6.07) is 23.3. The van der Waals surface area contributed by atoms with Crippen molar-refractivity contribution in [1.82, 2.24) is 29.6 Å². The lowest BCUT2D eigenvalue weighted by molar-refractivity contribution is -0.384. The van der Waals surface area contributed by atoms with Crippen LogP contribution < -0.4 is 20.3 Å². The van der Waals surface area contributed by atoms with Crippen LogP contribution in [0.25, 0.3) is 5.57 Å². The summed E-state index contributed by atoms with van der Waals surface area (Å²) in [7, 11) is -4.46. The number of hydrogen-bond acceptors (Lipinski definition) is 14. The first-order chi connectivity index (χ1) is 36.9. The van der Waals surface area contributed by atoms with E-state index in [0.717, 1.165) is 131 Å². The average molecular weight is 1090 g/mol. The lowest BCUT2D eigenvalue weighted by Gasteiger charge is -2.42. The fourth-order valence-electron chi connectivity index (χ4n) is 12.2. The Morgan fingerprint density at radius 1 is 0.779 bits per heavy atom. The molecule has 77 heavy (non-hydrogen) atoms. The van der Waals surface area contributed by atoms with Crippen molar-refractivity contribution in [3.05, 3.63) is 133 Å². The Bertz CT molecular complexity index is 3110. The summed E-state index contributed by atoms with van der Waals surface area (Å²) >= 11 is 6.21. The third-order valence-electron chi connectivity index (χ3n) is 16.6. The number of nitro groups is 1. The molecular formula is C57H66ClN9O9S. The number of carbonyl (C=O) groups excluding carboxylic acids is 5. The molecule has 3 saturated heterocycles. The third kappa shape index (κ3) is 12.1. The number of anilines is 2. The second-order valence-corrected chi connectivity index (χ2v) is 24.4. The molecule has 0 aromatic heterocycles. The van der Waals surface area contributed by atoms with Gasteiger partial charge in [0.25, 0.3) is 33.4 Å². The van der Waals surface area contributed by atoms with Gasteiger partial charge < -0.3 is 10.2 Å². The maximum absolute atomic E-state index is 13.5. The standard InChI is InChI=1S/C57H66ClN9O9S/c1-57(2)22-21-46(39-6-10-42(58)11-7-39)41(33-57)36-63-25-29-65(30-26-63)44-14-8-40(9-15-44)53(69)61-77(75,76)45-16-18-49(51(32-45)67(73)74)59-34-37-3-12-43(13-4-37)64-27-23-62(24-28-64)35-38-5-17-47-48(31-38)56(72)66(55(47)71)50-19-20-52(68)60-54(50)70/h5-11,14-18,31-32,37,43,50,59H,3-4,12-13,19-30,33-36H2,1-2H3,(H,61,69)(H,60,68,70)/t37-,43-,50?. The molecule has 18 nitrogen and oxygen atoms in total. The molecule has 0 radical (unpaired) electrons. The van der Waals surface area contributed by atoms with Crippen LogP contribution in [0, 0.1) is 21.4 Å². The van der Waals surface area contributed by atoms with E-state index in [1.807, 2.05) is 30.3 Å². The smallest absolute Gasteiger partial charge is 0.293 e. The van der Waals surface area contributed by atoms with Crippen LogP contribution in [0.5, 0.6) is 0 Å². The lowest BCUT2D eigenvalue weighted by atomic mass is 9.73. The fraction of sp³-hybridized carbons (Fsp3) is 0.456. The molecular weight excluding hydrogens is 1020 g/mol. The van der Waals surface area contributed by atoms with E-state index in [1.54, 1.807) is 24.3 Å². The number of fused-ring (bicyclic) bond motifs is 1. The van der Waals surface area contributed by atoms with Crippen LogP contribution in [0.4, 0.5) is 17.1 Å². The van der Waals surface area contributed by atoms with Gasteiger partial charge in [-0.2, -0.15) is 0 Å². The summed E-state index contributed by atoms with van der Waals surface area (Å²) in [6.07, 6.45) is 7.20. The van der Waals surface area contributed by atoms with Gasteiger partial charge in [-0.25, -0.2) is 13.1 Å². The van der Waals surface area contributed by atoms with Crippen LogP contribution in [0.15, 0.2) is 95.4 Å². The lowest BCUT2D eigenvalue weighted by Crippen LogP contribution is -2.54. The summed E-state index contributed by atoms with van der Waals surface area (Å²) in [6.45, 7) is 13.4. The summed E-state index contributed by atoms with van der Waals surface area (Å²) in [5.74, 6) is -2.66. The molecule has 406 valence electrons. The number of carbonyl (C=O) groups is 5. The van der Waals surface area contributed by atoms with Crippen LogP contribution in [0.3, 0.4) is 0 Å². The van der Waals surface area contributed by atoms with Crippen molar-refractivity contribution in [2.24, 2.45) is 11.3 Å². The van der Waals surface area contributed by atoms with Gasteiger partial charge in [-0.05, 0) is 140 Å². The zero-order valence-corrected chi connectivity index (χ0v) is 45.2. The largest absolute Gasteiger partial charge is 0.379 e. The van der Waals surface area contributed by atoms with Crippen molar-refractivity contribution >= 4 is 73.8 Å². The number of piperidine rings is 1. The SMILES string of the molecule is CC1(C)CCC(c2ccc(Cl)cc2)=C(CN2CCN(c3ccc(C(=O)NS(=O)(=O)c4ccc(NC[C@H]5CC[C@H](N6CCN(Cc7ccc8c(c7)C(=O)N(C7CCC(=O)NC7=O)C8=O)CC6)CC5)c([N+](=O)[O-])c4)cc3)CC2)C1. The Kier molecular flexibility index (Phi) is 15.7. The number of piperazine rings is 2. The molecule has 3 N–H and O–H groups in total. The molecule has 1 atom stereocenters. The van der Waals surface area contributed by atoms with Crippen LogP contribution in [0.1, 0.15) is 114 Å². The summed E-state index contributed by atoms with van der Waals surface area (Å²) in [5, 5.41) is 18.5. The maximum atomic E-state index is 13.5. The van der Waals surface area contributed by atoms with Gasteiger partial charge in [0.05, 0.1) is 20.9 Å². The van der Waals surface area contributed by atoms with Gasteiger partial charge in [0, 0.05) is 107 Å². The van der Waals surface area contributed by atoms with E-state index in [4.69, 9.17) is 11.6 Å². The molecule has 4 fully saturated rings. The molecule has 2 aliphatic carbocycles. The van der Waals surface area contributed by atoms with E-state index in [0.29, 0.717) is 19.1 Å². The number of allylic oxidation sites excluding steroid dienone is 1. The van der Waals surface area contributed by atoms with E-state index in [9.17, 15) is 42.5 Å². The average Bonchev–Trinajstić information content (AvgIpc) is 3.75. The number of benzene rings is 4. The van der Waals surface area contributed by atoms with Gasteiger partial charge >= 0.3 is 0 Å². The minimum absolute atomic E-state index is 0.0650. The van der Waals surface area contributed by atoms with E-state index >= 15 is 0 Å². The van der Waals surface area contributed by atoms with Crippen molar-refractivity contribution in [1.29, 1.82) is 0 Å². The van der Waals surface area contributed by atoms with Crippen LogP contribution in [0.2, 0.25) is 5.02 Å². The molecule has 6 aliphatic rings. The predicted molar refractivity (Wildman–Crippen MR) is 293 cm³/mol. The number of amides is 5. The third-order valence-corrected chi connectivity index (χ3v) is 18.2. The van der Waals surface area contributed by atoms with Gasteiger partial charge in [-0.15, -0.1) is 0 Å². The fourth-order valence-corrected chi connectivity index (χ4v) is 13.3. The predicted octanol–water partition coefficient (Wildman–Crippen LogP) is 7.34. The highest BCUT2D eigenvalue weighted by Crippen LogP contribution is 2.43. The first-order valence-electron chi connectivity index (χ1n) is 26.8. The maximum Gasteiger partial charge on any atom is 0.293 e. The number of rotatable bonds is 15. The topological polar surface area (TPSA) is 215 Å². The van der Waals surface area contributed by atoms with Crippen LogP contribution in [-0.2, 0) is 26.2 Å². The number of imide groups is 2. The first-order valence-corrected chi connectivity index (χ1v) is 28.7. The molecule has 0 bridgehead atoms. The van der Waals surface area contributed by atoms with E-state index in [-0.39, 0.29) is 51.4 Å². The molecule has 4 aromatic carbocycles. The van der Waals surface area contributed by atoms with Gasteiger partial charge in [0.15, 0.2) is 0 Å². The number of nitro benzene ring substituents is 1.